The largest absolute Gasteiger partial charge is 0.385 e. The van der Waals surface area contributed by atoms with Crippen LogP contribution in [0.3, 0.4) is 0 Å². The van der Waals surface area contributed by atoms with Crippen molar-refractivity contribution in [2.75, 3.05) is 40.5 Å². The highest BCUT2D eigenvalue weighted by Crippen LogP contribution is 1.97. The fraction of sp³-hybridized carbons (Fsp3) is 0.727. The number of ether oxygens (including phenoxy) is 2. The minimum atomic E-state index is -0.0257. The first-order valence-corrected chi connectivity index (χ1v) is 5.15. The summed E-state index contributed by atoms with van der Waals surface area (Å²) in [6, 6.07) is 0. The fourth-order valence-corrected chi connectivity index (χ4v) is 1.26. The van der Waals surface area contributed by atoms with Crippen molar-refractivity contribution in [3.05, 3.63) is 12.7 Å². The van der Waals surface area contributed by atoms with Crippen LogP contribution in [0, 0.1) is 0 Å². The van der Waals surface area contributed by atoms with Crippen LogP contribution in [0.15, 0.2) is 12.7 Å². The van der Waals surface area contributed by atoms with Crippen molar-refractivity contribution >= 4 is 5.91 Å². The maximum atomic E-state index is 11.4. The Bertz CT molecular complexity index is 173. The van der Waals surface area contributed by atoms with Gasteiger partial charge >= 0.3 is 0 Å². The normalized spacial score (nSPS) is 10.0. The average Bonchev–Trinajstić information content (AvgIpc) is 2.26. The summed E-state index contributed by atoms with van der Waals surface area (Å²) in [5, 5.41) is 0. The molecule has 0 saturated heterocycles. The Labute approximate surface area is 91.8 Å². The lowest BCUT2D eigenvalue weighted by atomic mass is 10.3. The van der Waals surface area contributed by atoms with Crippen molar-refractivity contribution in [2.24, 2.45) is 0 Å². The highest BCUT2D eigenvalue weighted by atomic mass is 16.5. The molecule has 88 valence electrons. The first-order valence-electron chi connectivity index (χ1n) is 5.15. The number of amides is 1. The quantitative estimate of drug-likeness (QED) is 0.426. The molecule has 0 aliphatic rings. The summed E-state index contributed by atoms with van der Waals surface area (Å²) in [5.41, 5.74) is 0. The van der Waals surface area contributed by atoms with Gasteiger partial charge in [0.15, 0.2) is 0 Å². The maximum absolute atomic E-state index is 11.4. The molecule has 0 fully saturated rings. The lowest BCUT2D eigenvalue weighted by molar-refractivity contribution is -0.126. The zero-order chi connectivity index (χ0) is 11.5. The van der Waals surface area contributed by atoms with Crippen molar-refractivity contribution < 1.29 is 14.3 Å². The van der Waals surface area contributed by atoms with Crippen molar-refractivity contribution in [1.29, 1.82) is 0 Å². The van der Waals surface area contributed by atoms with E-state index in [0.29, 0.717) is 26.3 Å². The van der Waals surface area contributed by atoms with Gasteiger partial charge in [-0.1, -0.05) is 6.58 Å². The van der Waals surface area contributed by atoms with Crippen molar-refractivity contribution in [3.8, 4) is 0 Å². The van der Waals surface area contributed by atoms with E-state index in [1.807, 2.05) is 0 Å². The van der Waals surface area contributed by atoms with Crippen molar-refractivity contribution in [3.63, 3.8) is 0 Å². The molecule has 0 aromatic heterocycles. The van der Waals surface area contributed by atoms with Gasteiger partial charge in [0.1, 0.15) is 0 Å². The fourth-order valence-electron chi connectivity index (χ4n) is 1.26. The van der Waals surface area contributed by atoms with E-state index in [4.69, 9.17) is 9.47 Å². The molecule has 0 spiro atoms. The Morgan fingerprint density at radius 1 is 1.20 bits per heavy atom. The van der Waals surface area contributed by atoms with Crippen LogP contribution in [0.1, 0.15) is 12.8 Å². The van der Waals surface area contributed by atoms with Gasteiger partial charge < -0.3 is 14.4 Å². The number of carbonyl (C=O) groups is 1. The number of carbonyl (C=O) groups excluding carboxylic acids is 1. The molecule has 0 saturated carbocycles. The first-order chi connectivity index (χ1) is 7.26. The Morgan fingerprint density at radius 2 is 1.67 bits per heavy atom. The van der Waals surface area contributed by atoms with Gasteiger partial charge in [0.2, 0.25) is 5.91 Å². The molecule has 0 bridgehead atoms. The molecule has 4 nitrogen and oxygen atoms in total. The summed E-state index contributed by atoms with van der Waals surface area (Å²) >= 11 is 0. The number of rotatable bonds is 9. The van der Waals surface area contributed by atoms with Gasteiger partial charge in [0, 0.05) is 40.5 Å². The van der Waals surface area contributed by atoms with E-state index < -0.39 is 0 Å². The highest BCUT2D eigenvalue weighted by molar-refractivity contribution is 5.86. The molecule has 0 aliphatic heterocycles. The molecule has 1 amide bonds. The van der Waals surface area contributed by atoms with Gasteiger partial charge in [-0.2, -0.15) is 0 Å². The highest BCUT2D eigenvalue weighted by Gasteiger charge is 2.08. The molecule has 0 radical (unpaired) electrons. The molecule has 0 N–H and O–H groups in total. The number of hydrogen-bond acceptors (Lipinski definition) is 3. The Hall–Kier alpha value is -0.870. The van der Waals surface area contributed by atoms with Crippen LogP contribution in [-0.2, 0) is 14.3 Å². The van der Waals surface area contributed by atoms with Gasteiger partial charge in [-0.25, -0.2) is 0 Å². The number of nitrogens with zero attached hydrogens (tertiary/aromatic N) is 1. The van der Waals surface area contributed by atoms with Crippen LogP contribution < -0.4 is 0 Å². The van der Waals surface area contributed by atoms with Crippen LogP contribution in [0.5, 0.6) is 0 Å². The molecule has 0 aromatic rings. The summed E-state index contributed by atoms with van der Waals surface area (Å²) in [4.78, 5) is 13.2. The minimum Gasteiger partial charge on any atom is -0.385 e. The Balaban J connectivity index is 3.84. The van der Waals surface area contributed by atoms with Gasteiger partial charge in [0.05, 0.1) is 0 Å². The standard InChI is InChI=1S/C11H21NO3/c1-4-11(13)12(7-5-9-14-2)8-6-10-15-3/h4H,1,5-10H2,2-3H3. The predicted octanol–water partition coefficient (Wildman–Crippen LogP) is 1.07. The van der Waals surface area contributed by atoms with Crippen LogP contribution >= 0.6 is 0 Å². The second-order valence-electron chi connectivity index (χ2n) is 3.22. The monoisotopic (exact) mass is 215 g/mol. The summed E-state index contributed by atoms with van der Waals surface area (Å²) in [6.07, 6.45) is 3.05. The van der Waals surface area contributed by atoms with Crippen LogP contribution in [0.25, 0.3) is 0 Å². The van der Waals surface area contributed by atoms with E-state index in [0.717, 1.165) is 12.8 Å². The topological polar surface area (TPSA) is 38.8 Å². The van der Waals surface area contributed by atoms with E-state index in [2.05, 4.69) is 6.58 Å². The van der Waals surface area contributed by atoms with Crippen LogP contribution in [-0.4, -0.2) is 51.3 Å². The Kier molecular flexibility index (Phi) is 9.11. The molecule has 15 heavy (non-hydrogen) atoms. The summed E-state index contributed by atoms with van der Waals surface area (Å²) in [7, 11) is 3.31. The van der Waals surface area contributed by atoms with Gasteiger partial charge in [0.25, 0.3) is 0 Å². The molecule has 4 heteroatoms. The number of methoxy groups -OCH3 is 2. The van der Waals surface area contributed by atoms with Crippen LogP contribution in [0.4, 0.5) is 0 Å². The molecule has 0 unspecified atom stereocenters. The second-order valence-corrected chi connectivity index (χ2v) is 3.22. The lowest BCUT2D eigenvalue weighted by Gasteiger charge is -2.20. The smallest absolute Gasteiger partial charge is 0.245 e. The molecule has 0 heterocycles. The third-order valence-corrected chi connectivity index (χ3v) is 2.04. The van der Waals surface area contributed by atoms with E-state index in [1.165, 1.54) is 6.08 Å². The van der Waals surface area contributed by atoms with E-state index in [9.17, 15) is 4.79 Å². The minimum absolute atomic E-state index is 0.0257. The SMILES string of the molecule is C=CC(=O)N(CCCOC)CCCOC. The summed E-state index contributed by atoms with van der Waals surface area (Å²) < 4.78 is 9.89. The van der Waals surface area contributed by atoms with Crippen molar-refractivity contribution in [1.82, 2.24) is 4.90 Å². The average molecular weight is 215 g/mol. The summed E-state index contributed by atoms with van der Waals surface area (Å²) in [6.45, 7) is 6.25. The van der Waals surface area contributed by atoms with Gasteiger partial charge in [-0.05, 0) is 18.9 Å². The molecule has 0 aliphatic carbocycles. The zero-order valence-electron chi connectivity index (χ0n) is 9.70. The van der Waals surface area contributed by atoms with Gasteiger partial charge in [-0.3, -0.25) is 4.79 Å². The lowest BCUT2D eigenvalue weighted by Crippen LogP contribution is -2.32. The van der Waals surface area contributed by atoms with E-state index in [-0.39, 0.29) is 5.91 Å². The van der Waals surface area contributed by atoms with E-state index >= 15 is 0 Å². The van der Waals surface area contributed by atoms with Crippen LogP contribution in [0.2, 0.25) is 0 Å². The molecule has 0 rings (SSSR count). The molecular weight excluding hydrogens is 194 g/mol. The maximum Gasteiger partial charge on any atom is 0.245 e. The van der Waals surface area contributed by atoms with Crippen molar-refractivity contribution in [2.45, 2.75) is 12.8 Å². The van der Waals surface area contributed by atoms with Gasteiger partial charge in [-0.15, -0.1) is 0 Å². The third-order valence-electron chi connectivity index (χ3n) is 2.04. The van der Waals surface area contributed by atoms with E-state index in [1.54, 1.807) is 19.1 Å². The molecule has 0 atom stereocenters. The summed E-state index contributed by atoms with van der Waals surface area (Å²) in [5.74, 6) is -0.0257. The molecule has 0 aromatic carbocycles. The third kappa shape index (κ3) is 7.11. The zero-order valence-corrected chi connectivity index (χ0v) is 9.70. The predicted molar refractivity (Wildman–Crippen MR) is 59.8 cm³/mol. The second kappa shape index (κ2) is 9.68. The Morgan fingerprint density at radius 3 is 2.00 bits per heavy atom. The molecular formula is C11H21NO3. The number of hydrogen-bond donors (Lipinski definition) is 0. The first kappa shape index (κ1) is 14.1.